The second-order valence-electron chi connectivity index (χ2n) is 9.26. The van der Waals surface area contributed by atoms with Gasteiger partial charge in [0.2, 0.25) is 0 Å². The van der Waals surface area contributed by atoms with Gasteiger partial charge >= 0.3 is 5.97 Å². The average molecular weight is 435 g/mol. The predicted octanol–water partition coefficient (Wildman–Crippen LogP) is 10.2. The molecule has 2 nitrogen and oxygen atoms in total. The van der Waals surface area contributed by atoms with Crippen molar-refractivity contribution < 1.29 is 9.90 Å². The lowest BCUT2D eigenvalue weighted by Gasteiger charge is -2.02. The number of allylic oxidation sites excluding steroid dienone is 4. The summed E-state index contributed by atoms with van der Waals surface area (Å²) in [6.45, 7) is 2.28. The first-order chi connectivity index (χ1) is 15.3. The summed E-state index contributed by atoms with van der Waals surface area (Å²) in [4.78, 5) is 10.4. The van der Waals surface area contributed by atoms with Crippen LogP contribution in [0.5, 0.6) is 0 Å². The minimum atomic E-state index is -0.655. The van der Waals surface area contributed by atoms with E-state index in [1.165, 1.54) is 122 Å². The van der Waals surface area contributed by atoms with E-state index >= 15 is 0 Å². The summed E-state index contributed by atoms with van der Waals surface area (Å²) in [5.41, 5.74) is 0. The lowest BCUT2D eigenvalue weighted by Crippen LogP contribution is -1.93. The zero-order chi connectivity index (χ0) is 22.7. The molecular weight excluding hydrogens is 380 g/mol. The highest BCUT2D eigenvalue weighted by Gasteiger charge is 1.97. The Balaban J connectivity index is 3.15. The summed E-state index contributed by atoms with van der Waals surface area (Å²) in [5.74, 6) is -0.655. The van der Waals surface area contributed by atoms with E-state index in [0.29, 0.717) is 6.42 Å². The zero-order valence-electron chi connectivity index (χ0n) is 20.9. The molecule has 0 aromatic carbocycles. The molecule has 0 aromatic heterocycles. The molecule has 1 N–H and O–H groups in total. The number of carboxylic acids is 1. The lowest BCUT2D eigenvalue weighted by atomic mass is 10.0. The Bertz CT molecular complexity index is 411. The van der Waals surface area contributed by atoms with Gasteiger partial charge in [-0.1, -0.05) is 134 Å². The third-order valence-electron chi connectivity index (χ3n) is 6.09. The average Bonchev–Trinajstić information content (AvgIpc) is 2.76. The van der Waals surface area contributed by atoms with Gasteiger partial charge in [-0.05, 0) is 38.5 Å². The van der Waals surface area contributed by atoms with E-state index in [-0.39, 0.29) is 0 Å². The second-order valence-corrected chi connectivity index (χ2v) is 9.26. The van der Waals surface area contributed by atoms with E-state index in [4.69, 9.17) is 5.11 Å². The van der Waals surface area contributed by atoms with Crippen LogP contribution in [-0.4, -0.2) is 11.1 Å². The Hall–Kier alpha value is -1.05. The van der Waals surface area contributed by atoms with Gasteiger partial charge in [0.05, 0.1) is 0 Å². The van der Waals surface area contributed by atoms with E-state index in [0.717, 1.165) is 19.3 Å². The Kier molecular flexibility index (Phi) is 26.1. The first kappa shape index (κ1) is 29.9. The van der Waals surface area contributed by atoms with Crippen LogP contribution in [0.15, 0.2) is 24.3 Å². The number of hydrogen-bond donors (Lipinski definition) is 1. The molecule has 0 bridgehead atoms. The molecule has 0 atom stereocenters. The van der Waals surface area contributed by atoms with Crippen molar-refractivity contribution in [2.45, 2.75) is 155 Å². The molecule has 0 spiro atoms. The van der Waals surface area contributed by atoms with Gasteiger partial charge < -0.3 is 5.11 Å². The lowest BCUT2D eigenvalue weighted by molar-refractivity contribution is -0.137. The Morgan fingerprint density at radius 3 is 1.26 bits per heavy atom. The molecule has 0 heterocycles. The summed E-state index contributed by atoms with van der Waals surface area (Å²) in [7, 11) is 0. The molecule has 0 aromatic rings. The Morgan fingerprint density at radius 2 is 0.871 bits per heavy atom. The molecule has 0 unspecified atom stereocenters. The maximum Gasteiger partial charge on any atom is 0.303 e. The molecule has 0 radical (unpaired) electrons. The highest BCUT2D eigenvalue weighted by Crippen LogP contribution is 2.13. The van der Waals surface area contributed by atoms with Crippen LogP contribution in [0.4, 0.5) is 0 Å². The monoisotopic (exact) mass is 434 g/mol. The molecule has 182 valence electrons. The highest BCUT2D eigenvalue weighted by molar-refractivity contribution is 5.66. The van der Waals surface area contributed by atoms with Crippen LogP contribution in [0.3, 0.4) is 0 Å². The highest BCUT2D eigenvalue weighted by atomic mass is 16.4. The maximum atomic E-state index is 10.4. The van der Waals surface area contributed by atoms with Gasteiger partial charge in [-0.3, -0.25) is 4.79 Å². The molecule has 31 heavy (non-hydrogen) atoms. The maximum absolute atomic E-state index is 10.4. The van der Waals surface area contributed by atoms with Crippen molar-refractivity contribution in [3.05, 3.63) is 24.3 Å². The summed E-state index contributed by atoms with van der Waals surface area (Å²) >= 11 is 0. The molecule has 0 aliphatic heterocycles. The number of carbonyl (C=O) groups is 1. The number of hydrogen-bond acceptors (Lipinski definition) is 1. The molecule has 0 aliphatic carbocycles. The van der Waals surface area contributed by atoms with E-state index in [1.54, 1.807) is 0 Å². The minimum Gasteiger partial charge on any atom is -0.481 e. The summed E-state index contributed by atoms with van der Waals surface area (Å²) in [6, 6.07) is 0. The van der Waals surface area contributed by atoms with E-state index < -0.39 is 5.97 Å². The normalized spacial score (nSPS) is 11.8. The SMILES string of the molecule is CCCCCCCCCC=CCC=CCCCCCCCCCCCCCCC(=O)O. The second kappa shape index (κ2) is 27.0. The van der Waals surface area contributed by atoms with E-state index in [1.807, 2.05) is 0 Å². The summed E-state index contributed by atoms with van der Waals surface area (Å²) in [6.07, 6.45) is 38.5. The largest absolute Gasteiger partial charge is 0.481 e. The van der Waals surface area contributed by atoms with Crippen LogP contribution in [0.25, 0.3) is 0 Å². The van der Waals surface area contributed by atoms with Crippen LogP contribution >= 0.6 is 0 Å². The summed E-state index contributed by atoms with van der Waals surface area (Å²) < 4.78 is 0. The van der Waals surface area contributed by atoms with Gasteiger partial charge in [0, 0.05) is 6.42 Å². The molecule has 0 aliphatic rings. The van der Waals surface area contributed by atoms with Crippen molar-refractivity contribution in [2.75, 3.05) is 0 Å². The molecule has 0 rings (SSSR count). The van der Waals surface area contributed by atoms with Gasteiger partial charge in [-0.25, -0.2) is 0 Å². The van der Waals surface area contributed by atoms with Crippen molar-refractivity contribution in [1.82, 2.24) is 0 Å². The smallest absolute Gasteiger partial charge is 0.303 e. The number of rotatable bonds is 25. The summed E-state index contributed by atoms with van der Waals surface area (Å²) in [5, 5.41) is 8.60. The number of aliphatic carboxylic acids is 1. The fourth-order valence-electron chi connectivity index (χ4n) is 4.03. The third kappa shape index (κ3) is 28.9. The van der Waals surface area contributed by atoms with Crippen LogP contribution < -0.4 is 0 Å². The van der Waals surface area contributed by atoms with Crippen molar-refractivity contribution in [2.24, 2.45) is 0 Å². The first-order valence-corrected chi connectivity index (χ1v) is 13.8. The standard InChI is InChI=1S/C29H54O2/c1-2-3-4-5-6-7-8-9-10-11-12-13-14-15-16-17-18-19-20-21-22-23-24-25-26-27-28-29(30)31/h10-11,13-14H,2-9,12,15-28H2,1H3,(H,30,31). The van der Waals surface area contributed by atoms with Crippen LogP contribution in [0.1, 0.15) is 155 Å². The van der Waals surface area contributed by atoms with Crippen LogP contribution in [-0.2, 0) is 4.79 Å². The number of carboxylic acid groups (broad SMARTS) is 1. The van der Waals surface area contributed by atoms with Crippen molar-refractivity contribution in [1.29, 1.82) is 0 Å². The van der Waals surface area contributed by atoms with Gasteiger partial charge in [-0.2, -0.15) is 0 Å². The van der Waals surface area contributed by atoms with Gasteiger partial charge in [0.1, 0.15) is 0 Å². The van der Waals surface area contributed by atoms with E-state index in [2.05, 4.69) is 31.2 Å². The minimum absolute atomic E-state index is 0.339. The zero-order valence-corrected chi connectivity index (χ0v) is 20.9. The van der Waals surface area contributed by atoms with Crippen molar-refractivity contribution in [3.8, 4) is 0 Å². The van der Waals surface area contributed by atoms with Gasteiger partial charge in [-0.15, -0.1) is 0 Å². The van der Waals surface area contributed by atoms with Gasteiger partial charge in [0.25, 0.3) is 0 Å². The van der Waals surface area contributed by atoms with E-state index in [9.17, 15) is 4.79 Å². The predicted molar refractivity (Wildman–Crippen MR) is 138 cm³/mol. The molecular formula is C29H54O2. The van der Waals surface area contributed by atoms with Crippen LogP contribution in [0, 0.1) is 0 Å². The molecule has 0 amide bonds. The third-order valence-corrected chi connectivity index (χ3v) is 6.09. The van der Waals surface area contributed by atoms with Crippen molar-refractivity contribution in [3.63, 3.8) is 0 Å². The fourth-order valence-corrected chi connectivity index (χ4v) is 4.03. The Labute approximate surface area is 195 Å². The topological polar surface area (TPSA) is 37.3 Å². The van der Waals surface area contributed by atoms with Gasteiger partial charge in [0.15, 0.2) is 0 Å². The van der Waals surface area contributed by atoms with Crippen LogP contribution in [0.2, 0.25) is 0 Å². The molecule has 0 saturated heterocycles. The van der Waals surface area contributed by atoms with Crippen molar-refractivity contribution >= 4 is 5.97 Å². The number of unbranched alkanes of at least 4 members (excludes halogenated alkanes) is 19. The molecule has 0 fully saturated rings. The first-order valence-electron chi connectivity index (χ1n) is 13.8. The quantitative estimate of drug-likeness (QED) is 0.115. The Morgan fingerprint density at radius 1 is 0.516 bits per heavy atom. The molecule has 0 saturated carbocycles. The molecule has 2 heteroatoms. The fraction of sp³-hybridized carbons (Fsp3) is 0.828.